The lowest BCUT2D eigenvalue weighted by molar-refractivity contribution is 0.601. The van der Waals surface area contributed by atoms with Gasteiger partial charge in [0.05, 0.1) is 27.1 Å². The van der Waals surface area contributed by atoms with Crippen LogP contribution in [0.15, 0.2) is 59.8 Å². The molecule has 4 rings (SSSR count). The highest BCUT2D eigenvalue weighted by molar-refractivity contribution is 7.93. The summed E-state index contributed by atoms with van der Waals surface area (Å²) < 4.78 is 30.5. The fourth-order valence-corrected chi connectivity index (χ4v) is 6.04. The lowest BCUT2D eigenvalue weighted by atomic mass is 10.1. The van der Waals surface area contributed by atoms with Crippen LogP contribution in [0.1, 0.15) is 11.4 Å². The molecule has 9 nitrogen and oxygen atoms in total. The Kier molecular flexibility index (Phi) is 7.67. The second-order valence-electron chi connectivity index (χ2n) is 8.04. The molecule has 3 heterocycles. The molecule has 0 atom stereocenters. The van der Waals surface area contributed by atoms with Gasteiger partial charge in [0.25, 0.3) is 10.0 Å². The van der Waals surface area contributed by atoms with Gasteiger partial charge in [0.1, 0.15) is 16.5 Å². The number of nitrogens with zero attached hydrogens (tertiary/aromatic N) is 4. The average Bonchev–Trinajstić information content (AvgIpc) is 3.07. The zero-order chi connectivity index (χ0) is 25.9. The van der Waals surface area contributed by atoms with Gasteiger partial charge in [-0.2, -0.15) is 5.10 Å². The first kappa shape index (κ1) is 25.7. The third-order valence-electron chi connectivity index (χ3n) is 5.51. The predicted molar refractivity (Wildman–Crippen MR) is 144 cm³/mol. The van der Waals surface area contributed by atoms with Crippen LogP contribution in [0.4, 0.5) is 17.3 Å². The molecule has 0 amide bonds. The molecule has 12 heteroatoms. The topological polar surface area (TPSA) is 114 Å². The maximum atomic E-state index is 13.2. The fourth-order valence-electron chi connectivity index (χ4n) is 3.65. The molecule has 36 heavy (non-hydrogen) atoms. The van der Waals surface area contributed by atoms with Crippen molar-refractivity contribution in [2.24, 2.45) is 7.05 Å². The molecular weight excluding hydrogens is 521 g/mol. The summed E-state index contributed by atoms with van der Waals surface area (Å²) in [4.78, 5) is 8.37. The monoisotopic (exact) mass is 545 g/mol. The Labute approximate surface area is 219 Å². The number of rotatable bonds is 9. The summed E-state index contributed by atoms with van der Waals surface area (Å²) in [6, 6.07) is 12.5. The van der Waals surface area contributed by atoms with Crippen molar-refractivity contribution in [2.75, 3.05) is 28.4 Å². The van der Waals surface area contributed by atoms with E-state index in [1.807, 2.05) is 24.3 Å². The van der Waals surface area contributed by atoms with E-state index in [0.717, 1.165) is 11.4 Å². The molecule has 0 spiro atoms. The second kappa shape index (κ2) is 10.7. The Morgan fingerprint density at radius 3 is 2.17 bits per heavy atom. The van der Waals surface area contributed by atoms with Crippen molar-refractivity contribution in [2.45, 2.75) is 18.7 Å². The van der Waals surface area contributed by atoms with Crippen LogP contribution in [-0.2, 0) is 17.1 Å². The minimum Gasteiger partial charge on any atom is -0.368 e. The molecule has 0 aliphatic heterocycles. The van der Waals surface area contributed by atoms with Gasteiger partial charge in [-0.3, -0.25) is 9.40 Å². The van der Waals surface area contributed by atoms with Gasteiger partial charge in [-0.05, 0) is 61.4 Å². The van der Waals surface area contributed by atoms with Crippen LogP contribution in [0.25, 0.3) is 11.1 Å². The number of halogens is 2. The number of aromatic nitrogens is 4. The number of aryl methyl sites for hydroxylation is 2. The van der Waals surface area contributed by atoms with Crippen LogP contribution in [-0.4, -0.2) is 41.3 Å². The van der Waals surface area contributed by atoms with Gasteiger partial charge in [0, 0.05) is 32.5 Å². The number of nitrogens with one attached hydrogen (secondary N) is 3. The predicted octanol–water partition coefficient (Wildman–Crippen LogP) is 5.13. The fraction of sp³-hybridized carbons (Fsp3) is 0.208. The van der Waals surface area contributed by atoms with E-state index < -0.39 is 10.0 Å². The molecule has 0 radical (unpaired) electrons. The Morgan fingerprint density at radius 2 is 1.56 bits per heavy atom. The first-order chi connectivity index (χ1) is 17.2. The molecule has 0 saturated carbocycles. The summed E-state index contributed by atoms with van der Waals surface area (Å²) in [6.45, 7) is 4.76. The van der Waals surface area contributed by atoms with E-state index in [1.165, 1.54) is 0 Å². The number of hydrogen-bond acceptors (Lipinski definition) is 7. The molecular formula is C24H25Cl2N7O2S. The van der Waals surface area contributed by atoms with Crippen LogP contribution in [0.5, 0.6) is 0 Å². The maximum Gasteiger partial charge on any atom is 0.264 e. The summed E-state index contributed by atoms with van der Waals surface area (Å²) in [5, 5.41) is 10.7. The van der Waals surface area contributed by atoms with E-state index >= 15 is 0 Å². The van der Waals surface area contributed by atoms with E-state index in [1.54, 1.807) is 56.2 Å². The molecule has 0 bridgehead atoms. The van der Waals surface area contributed by atoms with Crippen LogP contribution in [0, 0.1) is 13.8 Å². The zero-order valence-corrected chi connectivity index (χ0v) is 22.2. The SMILES string of the molecule is Cc1nn(C)c(C)c1NS(=O)(=O)c1c(Cl)cc(-c2ccnc(NCCNc3ccccn3)c2)cc1Cl. The first-order valence-corrected chi connectivity index (χ1v) is 13.3. The number of sulfonamides is 1. The van der Waals surface area contributed by atoms with Crippen LogP contribution < -0.4 is 15.4 Å². The molecule has 188 valence electrons. The summed E-state index contributed by atoms with van der Waals surface area (Å²) in [5.41, 5.74) is 3.07. The summed E-state index contributed by atoms with van der Waals surface area (Å²) >= 11 is 12.9. The lowest BCUT2D eigenvalue weighted by Gasteiger charge is -2.14. The number of hydrogen-bond donors (Lipinski definition) is 3. The van der Waals surface area contributed by atoms with Crippen LogP contribution >= 0.6 is 23.2 Å². The van der Waals surface area contributed by atoms with Crippen molar-refractivity contribution in [3.8, 4) is 11.1 Å². The van der Waals surface area contributed by atoms with Crippen molar-refractivity contribution in [3.05, 3.63) is 76.3 Å². The van der Waals surface area contributed by atoms with Crippen LogP contribution in [0.2, 0.25) is 10.0 Å². The van der Waals surface area contributed by atoms with E-state index in [4.69, 9.17) is 23.2 Å². The molecule has 4 aromatic rings. The third-order valence-corrected chi connectivity index (χ3v) is 7.78. The maximum absolute atomic E-state index is 13.2. The van der Waals surface area contributed by atoms with Gasteiger partial charge in [-0.25, -0.2) is 18.4 Å². The highest BCUT2D eigenvalue weighted by Crippen LogP contribution is 2.36. The van der Waals surface area contributed by atoms with Crippen molar-refractivity contribution in [1.29, 1.82) is 0 Å². The van der Waals surface area contributed by atoms with Crippen molar-refractivity contribution < 1.29 is 8.42 Å². The lowest BCUT2D eigenvalue weighted by Crippen LogP contribution is -2.15. The molecule has 0 unspecified atom stereocenters. The van der Waals surface area contributed by atoms with E-state index in [-0.39, 0.29) is 14.9 Å². The second-order valence-corrected chi connectivity index (χ2v) is 10.5. The van der Waals surface area contributed by atoms with Crippen molar-refractivity contribution >= 4 is 50.5 Å². The average molecular weight is 546 g/mol. The van der Waals surface area contributed by atoms with E-state index in [0.29, 0.717) is 41.5 Å². The van der Waals surface area contributed by atoms with E-state index in [9.17, 15) is 8.42 Å². The molecule has 0 aliphatic carbocycles. The van der Waals surface area contributed by atoms with Gasteiger partial charge < -0.3 is 10.6 Å². The highest BCUT2D eigenvalue weighted by Gasteiger charge is 2.25. The van der Waals surface area contributed by atoms with Gasteiger partial charge in [-0.15, -0.1) is 0 Å². The molecule has 0 fully saturated rings. The van der Waals surface area contributed by atoms with Gasteiger partial charge in [0.15, 0.2) is 0 Å². The summed E-state index contributed by atoms with van der Waals surface area (Å²) in [5.74, 6) is 1.45. The molecule has 3 N–H and O–H groups in total. The van der Waals surface area contributed by atoms with Gasteiger partial charge >= 0.3 is 0 Å². The van der Waals surface area contributed by atoms with Gasteiger partial charge in [0.2, 0.25) is 0 Å². The molecule has 3 aromatic heterocycles. The highest BCUT2D eigenvalue weighted by atomic mass is 35.5. The Hall–Kier alpha value is -3.34. The first-order valence-electron chi connectivity index (χ1n) is 11.0. The standard InChI is InChI=1S/C24H25Cl2N7O2S/c1-15-23(16(2)33(3)31-15)32-36(34,35)24-19(25)12-18(13-20(24)26)17-7-9-28-22(14-17)30-11-10-29-21-6-4-5-8-27-21/h4-9,12-14,32H,10-11H2,1-3H3,(H,27,29)(H,28,30). The zero-order valence-electron chi connectivity index (χ0n) is 19.9. The Bertz CT molecular complexity index is 1470. The Morgan fingerprint density at radius 1 is 0.889 bits per heavy atom. The molecule has 0 saturated heterocycles. The minimum absolute atomic E-state index is 0.00933. The third kappa shape index (κ3) is 5.72. The Balaban J connectivity index is 1.51. The summed E-state index contributed by atoms with van der Waals surface area (Å²) in [6.07, 6.45) is 3.39. The smallest absolute Gasteiger partial charge is 0.264 e. The van der Waals surface area contributed by atoms with Crippen LogP contribution in [0.3, 0.4) is 0 Å². The molecule has 1 aromatic carbocycles. The number of pyridine rings is 2. The summed E-state index contributed by atoms with van der Waals surface area (Å²) in [7, 11) is -2.32. The van der Waals surface area contributed by atoms with E-state index in [2.05, 4.69) is 30.4 Å². The quantitative estimate of drug-likeness (QED) is 0.250. The minimum atomic E-state index is -4.06. The normalized spacial score (nSPS) is 11.4. The largest absolute Gasteiger partial charge is 0.368 e. The van der Waals surface area contributed by atoms with Gasteiger partial charge in [-0.1, -0.05) is 29.3 Å². The number of benzene rings is 1. The number of anilines is 3. The molecule has 0 aliphatic rings. The van der Waals surface area contributed by atoms with Crippen molar-refractivity contribution in [1.82, 2.24) is 19.7 Å². The van der Waals surface area contributed by atoms with Crippen molar-refractivity contribution in [3.63, 3.8) is 0 Å².